The zero-order chi connectivity index (χ0) is 10.6. The maximum absolute atomic E-state index is 11.4. The van der Waals surface area contributed by atoms with E-state index < -0.39 is 0 Å². The van der Waals surface area contributed by atoms with Gasteiger partial charge in [-0.25, -0.2) is 4.79 Å². The summed E-state index contributed by atoms with van der Waals surface area (Å²) in [4.78, 5) is 13.3. The van der Waals surface area contributed by atoms with E-state index in [2.05, 4.69) is 19.2 Å². The predicted octanol–water partition coefficient (Wildman–Crippen LogP) is 1.93. The maximum atomic E-state index is 11.4. The topological polar surface area (TPSA) is 32.3 Å². The monoisotopic (exact) mass is 216 g/mol. The molecule has 0 spiro atoms. The van der Waals surface area contributed by atoms with E-state index in [1.165, 1.54) is 6.42 Å². The SMILES string of the molecule is CNC(=O)N1CCCC(SC(C)C)C1. The van der Waals surface area contributed by atoms with Gasteiger partial charge in [-0.1, -0.05) is 13.8 Å². The third kappa shape index (κ3) is 3.40. The molecule has 14 heavy (non-hydrogen) atoms. The first-order valence-corrected chi connectivity index (χ1v) is 6.20. The number of carbonyl (C=O) groups is 1. The van der Waals surface area contributed by atoms with E-state index in [4.69, 9.17) is 0 Å². The van der Waals surface area contributed by atoms with E-state index in [-0.39, 0.29) is 6.03 Å². The van der Waals surface area contributed by atoms with Gasteiger partial charge in [0.2, 0.25) is 0 Å². The molecule has 1 heterocycles. The van der Waals surface area contributed by atoms with Crippen molar-refractivity contribution in [3.05, 3.63) is 0 Å². The van der Waals surface area contributed by atoms with Crippen LogP contribution in [0.15, 0.2) is 0 Å². The standard InChI is InChI=1S/C10H20N2OS/c1-8(2)14-9-5-4-6-12(7-9)10(13)11-3/h8-9H,4-7H2,1-3H3,(H,11,13). The number of urea groups is 1. The molecule has 1 rings (SSSR count). The van der Waals surface area contributed by atoms with Gasteiger partial charge in [-0.15, -0.1) is 0 Å². The molecule has 1 fully saturated rings. The van der Waals surface area contributed by atoms with Gasteiger partial charge in [-0.05, 0) is 18.1 Å². The zero-order valence-corrected chi connectivity index (χ0v) is 10.1. The van der Waals surface area contributed by atoms with Gasteiger partial charge in [0, 0.05) is 25.4 Å². The molecule has 1 unspecified atom stereocenters. The summed E-state index contributed by atoms with van der Waals surface area (Å²) in [6, 6.07) is 0.0686. The number of hydrogen-bond donors (Lipinski definition) is 1. The second-order valence-corrected chi connectivity index (χ2v) is 5.83. The third-order valence-corrected chi connectivity index (χ3v) is 3.66. The van der Waals surface area contributed by atoms with Gasteiger partial charge >= 0.3 is 6.03 Å². The fourth-order valence-corrected chi connectivity index (χ4v) is 3.12. The molecule has 2 amide bonds. The Morgan fingerprint density at radius 1 is 1.57 bits per heavy atom. The van der Waals surface area contributed by atoms with Gasteiger partial charge in [-0.3, -0.25) is 0 Å². The van der Waals surface area contributed by atoms with Crippen molar-refractivity contribution in [2.24, 2.45) is 0 Å². The number of hydrogen-bond acceptors (Lipinski definition) is 2. The van der Waals surface area contributed by atoms with Crippen molar-refractivity contribution in [1.82, 2.24) is 10.2 Å². The van der Waals surface area contributed by atoms with Gasteiger partial charge < -0.3 is 10.2 Å². The quantitative estimate of drug-likeness (QED) is 0.765. The average molecular weight is 216 g/mol. The van der Waals surface area contributed by atoms with Crippen molar-refractivity contribution < 1.29 is 4.79 Å². The van der Waals surface area contributed by atoms with Crippen LogP contribution >= 0.6 is 11.8 Å². The normalized spacial score (nSPS) is 22.6. The summed E-state index contributed by atoms with van der Waals surface area (Å²) in [5.74, 6) is 0. The summed E-state index contributed by atoms with van der Waals surface area (Å²) >= 11 is 1.99. The maximum Gasteiger partial charge on any atom is 0.317 e. The lowest BCUT2D eigenvalue weighted by atomic mass is 10.1. The second-order valence-electron chi connectivity index (χ2n) is 3.95. The van der Waals surface area contributed by atoms with E-state index in [1.54, 1.807) is 7.05 Å². The van der Waals surface area contributed by atoms with Crippen molar-refractivity contribution in [1.29, 1.82) is 0 Å². The molecule has 0 aromatic rings. The van der Waals surface area contributed by atoms with Crippen LogP contribution in [0.25, 0.3) is 0 Å². The van der Waals surface area contributed by atoms with E-state index in [1.807, 2.05) is 16.7 Å². The Morgan fingerprint density at radius 3 is 2.86 bits per heavy atom. The highest BCUT2D eigenvalue weighted by Gasteiger charge is 2.23. The molecule has 0 aromatic heterocycles. The Kier molecular flexibility index (Phi) is 4.58. The first kappa shape index (κ1) is 11.7. The fraction of sp³-hybridized carbons (Fsp3) is 0.900. The first-order chi connectivity index (χ1) is 6.63. The summed E-state index contributed by atoms with van der Waals surface area (Å²) in [6.45, 7) is 6.24. The molecule has 1 saturated heterocycles. The van der Waals surface area contributed by atoms with Gasteiger partial charge in [0.25, 0.3) is 0 Å². The number of rotatable bonds is 2. The molecule has 0 saturated carbocycles. The van der Waals surface area contributed by atoms with E-state index in [0.717, 1.165) is 19.5 Å². The van der Waals surface area contributed by atoms with Crippen LogP contribution in [0, 0.1) is 0 Å². The van der Waals surface area contributed by atoms with Crippen molar-refractivity contribution in [3.63, 3.8) is 0 Å². The molecule has 1 atom stereocenters. The molecule has 1 N–H and O–H groups in total. The van der Waals surface area contributed by atoms with Gasteiger partial charge in [0.05, 0.1) is 0 Å². The molecule has 4 heteroatoms. The molecule has 0 bridgehead atoms. The van der Waals surface area contributed by atoms with Crippen molar-refractivity contribution >= 4 is 17.8 Å². The van der Waals surface area contributed by atoms with Crippen LogP contribution < -0.4 is 5.32 Å². The minimum atomic E-state index is 0.0686. The number of nitrogens with one attached hydrogen (secondary N) is 1. The van der Waals surface area contributed by atoms with Crippen LogP contribution in [0.4, 0.5) is 4.79 Å². The Bertz CT molecular complexity index is 197. The van der Waals surface area contributed by atoms with Crippen LogP contribution in [-0.4, -0.2) is 41.6 Å². The Hall–Kier alpha value is -0.380. The number of thioether (sulfide) groups is 1. The number of piperidine rings is 1. The Balaban J connectivity index is 2.39. The highest BCUT2D eigenvalue weighted by molar-refractivity contribution is 8.00. The molecule has 3 nitrogen and oxygen atoms in total. The molecular weight excluding hydrogens is 196 g/mol. The highest BCUT2D eigenvalue weighted by Crippen LogP contribution is 2.25. The largest absolute Gasteiger partial charge is 0.341 e. The molecule has 0 aromatic carbocycles. The minimum absolute atomic E-state index is 0.0686. The average Bonchev–Trinajstić information content (AvgIpc) is 2.16. The highest BCUT2D eigenvalue weighted by atomic mass is 32.2. The molecule has 1 aliphatic heterocycles. The number of nitrogens with zero attached hydrogens (tertiary/aromatic N) is 1. The minimum Gasteiger partial charge on any atom is -0.341 e. The van der Waals surface area contributed by atoms with E-state index in [0.29, 0.717) is 10.5 Å². The van der Waals surface area contributed by atoms with Crippen LogP contribution in [0.2, 0.25) is 0 Å². The molecule has 0 aliphatic carbocycles. The third-order valence-electron chi connectivity index (χ3n) is 2.34. The summed E-state index contributed by atoms with van der Waals surface area (Å²) in [5.41, 5.74) is 0. The van der Waals surface area contributed by atoms with Crippen LogP contribution in [-0.2, 0) is 0 Å². The number of amides is 2. The molecular formula is C10H20N2OS. The smallest absolute Gasteiger partial charge is 0.317 e. The number of carbonyl (C=O) groups excluding carboxylic acids is 1. The second kappa shape index (κ2) is 5.49. The van der Waals surface area contributed by atoms with Crippen LogP contribution in [0.5, 0.6) is 0 Å². The summed E-state index contributed by atoms with van der Waals surface area (Å²) in [5, 5.41) is 3.97. The van der Waals surface area contributed by atoms with Crippen LogP contribution in [0.1, 0.15) is 26.7 Å². The van der Waals surface area contributed by atoms with Gasteiger partial charge in [-0.2, -0.15) is 11.8 Å². The zero-order valence-electron chi connectivity index (χ0n) is 9.25. The van der Waals surface area contributed by atoms with Crippen molar-refractivity contribution in [3.8, 4) is 0 Å². The lowest BCUT2D eigenvalue weighted by Gasteiger charge is -2.32. The summed E-state index contributed by atoms with van der Waals surface area (Å²) in [7, 11) is 1.70. The van der Waals surface area contributed by atoms with E-state index >= 15 is 0 Å². The molecule has 82 valence electrons. The van der Waals surface area contributed by atoms with E-state index in [9.17, 15) is 4.79 Å². The van der Waals surface area contributed by atoms with Gasteiger partial charge in [0.1, 0.15) is 0 Å². The molecule has 1 aliphatic rings. The van der Waals surface area contributed by atoms with Crippen LogP contribution in [0.3, 0.4) is 0 Å². The summed E-state index contributed by atoms with van der Waals surface area (Å²) < 4.78 is 0. The fourth-order valence-electron chi connectivity index (χ4n) is 1.78. The number of likely N-dealkylation sites (tertiary alicyclic amines) is 1. The Labute approximate surface area is 90.6 Å². The predicted molar refractivity (Wildman–Crippen MR) is 61.8 cm³/mol. The van der Waals surface area contributed by atoms with Crippen molar-refractivity contribution in [2.45, 2.75) is 37.2 Å². The van der Waals surface area contributed by atoms with Gasteiger partial charge in [0.15, 0.2) is 0 Å². The lowest BCUT2D eigenvalue weighted by molar-refractivity contribution is 0.190. The Morgan fingerprint density at radius 2 is 2.29 bits per heavy atom. The lowest BCUT2D eigenvalue weighted by Crippen LogP contribution is -2.45. The first-order valence-electron chi connectivity index (χ1n) is 5.25. The summed E-state index contributed by atoms with van der Waals surface area (Å²) in [6.07, 6.45) is 2.38. The van der Waals surface area contributed by atoms with Crippen molar-refractivity contribution in [2.75, 3.05) is 20.1 Å². The molecule has 0 radical (unpaired) electrons.